The number of hydrogen-bond donors (Lipinski definition) is 0. The molecule has 128 valence electrons. The molecular formula is C18H23N3O2S. The van der Waals surface area contributed by atoms with Crippen molar-refractivity contribution in [3.8, 4) is 11.3 Å². The summed E-state index contributed by atoms with van der Waals surface area (Å²) in [5.74, 6) is 0.560. The Morgan fingerprint density at radius 1 is 1.33 bits per heavy atom. The highest BCUT2D eigenvalue weighted by Gasteiger charge is 2.25. The van der Waals surface area contributed by atoms with E-state index in [1.54, 1.807) is 23.7 Å². The molecule has 0 radical (unpaired) electrons. The summed E-state index contributed by atoms with van der Waals surface area (Å²) in [7, 11) is 0. The zero-order valence-electron chi connectivity index (χ0n) is 14.0. The van der Waals surface area contributed by atoms with Gasteiger partial charge in [0.25, 0.3) is 0 Å². The van der Waals surface area contributed by atoms with Gasteiger partial charge in [0.2, 0.25) is 5.91 Å². The Hall–Kier alpha value is -1.79. The van der Waals surface area contributed by atoms with Gasteiger partial charge in [-0.15, -0.1) is 11.3 Å². The molecule has 0 aromatic carbocycles. The number of pyridine rings is 1. The lowest BCUT2D eigenvalue weighted by Gasteiger charge is -2.31. The summed E-state index contributed by atoms with van der Waals surface area (Å²) in [6.45, 7) is 4.50. The minimum Gasteiger partial charge on any atom is -0.372 e. The molecule has 1 aliphatic heterocycles. The van der Waals surface area contributed by atoms with Gasteiger partial charge in [-0.2, -0.15) is 0 Å². The Morgan fingerprint density at radius 2 is 2.08 bits per heavy atom. The predicted molar refractivity (Wildman–Crippen MR) is 95.0 cm³/mol. The zero-order valence-corrected chi connectivity index (χ0v) is 14.8. The van der Waals surface area contributed by atoms with Crippen molar-refractivity contribution in [1.82, 2.24) is 14.9 Å². The van der Waals surface area contributed by atoms with Gasteiger partial charge in [0.05, 0.1) is 10.7 Å². The maximum atomic E-state index is 12.1. The summed E-state index contributed by atoms with van der Waals surface area (Å²) in [4.78, 5) is 22.9. The van der Waals surface area contributed by atoms with E-state index in [0.717, 1.165) is 43.6 Å². The summed E-state index contributed by atoms with van der Waals surface area (Å²) in [6.07, 6.45) is 6.48. The van der Waals surface area contributed by atoms with Crippen LogP contribution in [0, 0.1) is 0 Å². The number of hydrogen-bond acceptors (Lipinski definition) is 5. The first kappa shape index (κ1) is 17.0. The van der Waals surface area contributed by atoms with E-state index < -0.39 is 0 Å². The van der Waals surface area contributed by atoms with Gasteiger partial charge in [-0.1, -0.05) is 6.92 Å². The standard InChI is InChI=1S/C18H23N3O2S/c1-2-11-23-12-17(22)21-9-5-15(6-10-21)18-20-16(13-24-18)14-3-7-19-8-4-14/h3-4,7-8,13,15H,2,5-6,9-12H2,1H3. The number of carbonyl (C=O) groups excluding carboxylic acids is 1. The van der Waals surface area contributed by atoms with Crippen LogP contribution in [0.3, 0.4) is 0 Å². The molecule has 1 saturated heterocycles. The predicted octanol–water partition coefficient (Wildman–Crippen LogP) is 3.34. The number of aromatic nitrogens is 2. The largest absolute Gasteiger partial charge is 0.372 e. The molecule has 0 bridgehead atoms. The number of nitrogens with zero attached hydrogens (tertiary/aromatic N) is 3. The highest BCUT2D eigenvalue weighted by molar-refractivity contribution is 7.10. The lowest BCUT2D eigenvalue weighted by atomic mass is 9.97. The maximum absolute atomic E-state index is 12.1. The fourth-order valence-corrected chi connectivity index (χ4v) is 3.90. The van der Waals surface area contributed by atoms with Gasteiger partial charge < -0.3 is 9.64 Å². The number of rotatable bonds is 6. The van der Waals surface area contributed by atoms with Gasteiger partial charge >= 0.3 is 0 Å². The molecule has 0 spiro atoms. The van der Waals surface area contributed by atoms with Crippen LogP contribution in [0.1, 0.15) is 37.1 Å². The van der Waals surface area contributed by atoms with Crippen LogP contribution in [0.25, 0.3) is 11.3 Å². The second-order valence-electron chi connectivity index (χ2n) is 6.01. The minimum absolute atomic E-state index is 0.110. The summed E-state index contributed by atoms with van der Waals surface area (Å²) < 4.78 is 5.36. The fourth-order valence-electron chi connectivity index (χ4n) is 2.90. The van der Waals surface area contributed by atoms with Crippen LogP contribution >= 0.6 is 11.3 Å². The molecule has 3 rings (SSSR count). The first-order chi connectivity index (χ1) is 11.8. The number of piperidine rings is 1. The molecule has 5 nitrogen and oxygen atoms in total. The van der Waals surface area contributed by atoms with Crippen LogP contribution in [-0.4, -0.2) is 47.1 Å². The second kappa shape index (κ2) is 8.35. The van der Waals surface area contributed by atoms with E-state index in [-0.39, 0.29) is 12.5 Å². The highest BCUT2D eigenvalue weighted by atomic mass is 32.1. The van der Waals surface area contributed by atoms with Crippen molar-refractivity contribution in [3.05, 3.63) is 34.9 Å². The molecule has 1 aliphatic rings. The maximum Gasteiger partial charge on any atom is 0.248 e. The van der Waals surface area contributed by atoms with E-state index in [0.29, 0.717) is 12.5 Å². The molecule has 24 heavy (non-hydrogen) atoms. The third-order valence-electron chi connectivity index (χ3n) is 4.27. The van der Waals surface area contributed by atoms with Crippen molar-refractivity contribution >= 4 is 17.2 Å². The topological polar surface area (TPSA) is 55.3 Å². The monoisotopic (exact) mass is 345 g/mol. The van der Waals surface area contributed by atoms with Crippen LogP contribution in [0.2, 0.25) is 0 Å². The molecule has 2 aromatic heterocycles. The lowest BCUT2D eigenvalue weighted by Crippen LogP contribution is -2.40. The van der Waals surface area contributed by atoms with E-state index in [1.165, 1.54) is 5.01 Å². The normalized spacial score (nSPS) is 15.6. The van der Waals surface area contributed by atoms with Crippen molar-refractivity contribution in [3.63, 3.8) is 0 Å². The molecule has 0 atom stereocenters. The van der Waals surface area contributed by atoms with Crippen molar-refractivity contribution in [1.29, 1.82) is 0 Å². The number of likely N-dealkylation sites (tertiary alicyclic amines) is 1. The first-order valence-corrected chi connectivity index (χ1v) is 9.37. The molecule has 1 fully saturated rings. The number of thiazole rings is 1. The Morgan fingerprint density at radius 3 is 2.79 bits per heavy atom. The zero-order chi connectivity index (χ0) is 16.8. The van der Waals surface area contributed by atoms with Gasteiger partial charge in [-0.25, -0.2) is 4.98 Å². The number of ether oxygens (including phenoxy) is 1. The molecule has 0 aliphatic carbocycles. The highest BCUT2D eigenvalue weighted by Crippen LogP contribution is 2.32. The summed E-state index contributed by atoms with van der Waals surface area (Å²) in [5, 5.41) is 3.29. The van der Waals surface area contributed by atoms with Crippen LogP contribution in [-0.2, 0) is 9.53 Å². The van der Waals surface area contributed by atoms with Crippen LogP contribution in [0.4, 0.5) is 0 Å². The van der Waals surface area contributed by atoms with E-state index >= 15 is 0 Å². The average molecular weight is 345 g/mol. The van der Waals surface area contributed by atoms with Crippen molar-refractivity contribution in [2.24, 2.45) is 0 Å². The average Bonchev–Trinajstić information content (AvgIpc) is 3.13. The summed E-state index contributed by atoms with van der Waals surface area (Å²) >= 11 is 1.72. The second-order valence-corrected chi connectivity index (χ2v) is 6.90. The third-order valence-corrected chi connectivity index (χ3v) is 5.28. The molecule has 3 heterocycles. The van der Waals surface area contributed by atoms with Crippen LogP contribution < -0.4 is 0 Å². The Kier molecular flexibility index (Phi) is 5.93. The third kappa shape index (κ3) is 4.19. The molecular weight excluding hydrogens is 322 g/mol. The number of carbonyl (C=O) groups is 1. The fraction of sp³-hybridized carbons (Fsp3) is 0.500. The lowest BCUT2D eigenvalue weighted by molar-refractivity contribution is -0.137. The molecule has 0 unspecified atom stereocenters. The molecule has 0 saturated carbocycles. The molecule has 2 aromatic rings. The quantitative estimate of drug-likeness (QED) is 0.754. The van der Waals surface area contributed by atoms with Crippen LogP contribution in [0.15, 0.2) is 29.9 Å². The van der Waals surface area contributed by atoms with Crippen molar-refractivity contribution in [2.75, 3.05) is 26.3 Å². The van der Waals surface area contributed by atoms with Gasteiger partial charge in [-0.05, 0) is 31.4 Å². The van der Waals surface area contributed by atoms with Crippen molar-refractivity contribution in [2.45, 2.75) is 32.1 Å². The molecule has 6 heteroatoms. The summed E-state index contributed by atoms with van der Waals surface area (Å²) in [6, 6.07) is 3.97. The van der Waals surface area contributed by atoms with Crippen LogP contribution in [0.5, 0.6) is 0 Å². The van der Waals surface area contributed by atoms with E-state index in [4.69, 9.17) is 9.72 Å². The van der Waals surface area contributed by atoms with E-state index in [9.17, 15) is 4.79 Å². The minimum atomic E-state index is 0.110. The van der Waals surface area contributed by atoms with Gasteiger partial charge in [0, 0.05) is 49.0 Å². The summed E-state index contributed by atoms with van der Waals surface area (Å²) in [5.41, 5.74) is 2.12. The van der Waals surface area contributed by atoms with Gasteiger partial charge in [-0.3, -0.25) is 9.78 Å². The molecule has 1 amide bonds. The SMILES string of the molecule is CCCOCC(=O)N1CCC(c2nc(-c3ccncc3)cs2)CC1. The first-order valence-electron chi connectivity index (χ1n) is 8.49. The Bertz CT molecular complexity index is 651. The Labute approximate surface area is 146 Å². The Balaban J connectivity index is 1.54. The number of amides is 1. The van der Waals surface area contributed by atoms with Gasteiger partial charge in [0.1, 0.15) is 6.61 Å². The van der Waals surface area contributed by atoms with Crippen molar-refractivity contribution < 1.29 is 9.53 Å². The smallest absolute Gasteiger partial charge is 0.248 e. The molecule has 0 N–H and O–H groups in total. The van der Waals surface area contributed by atoms with E-state index in [1.807, 2.05) is 24.0 Å². The van der Waals surface area contributed by atoms with E-state index in [2.05, 4.69) is 10.4 Å². The van der Waals surface area contributed by atoms with Gasteiger partial charge in [0.15, 0.2) is 0 Å².